The van der Waals surface area contributed by atoms with E-state index in [1.165, 1.54) is 22.9 Å². The van der Waals surface area contributed by atoms with Gasteiger partial charge in [0, 0.05) is 19.2 Å². The van der Waals surface area contributed by atoms with Crippen molar-refractivity contribution >= 4 is 23.5 Å². The Labute approximate surface area is 219 Å². The molecule has 194 valence electrons. The maximum atomic E-state index is 13.5. The topological polar surface area (TPSA) is 116 Å². The molecule has 38 heavy (non-hydrogen) atoms. The molecule has 0 aliphatic heterocycles. The molecule has 0 fully saturated rings. The van der Waals surface area contributed by atoms with Crippen molar-refractivity contribution in [2.24, 2.45) is 0 Å². The second kappa shape index (κ2) is 11.8. The average molecular weight is 514 g/mol. The quantitative estimate of drug-likeness (QED) is 0.342. The molecule has 0 aliphatic carbocycles. The van der Waals surface area contributed by atoms with Crippen LogP contribution in [0.2, 0.25) is 0 Å². The molecule has 10 heteroatoms. The predicted octanol–water partition coefficient (Wildman–Crippen LogP) is 3.07. The lowest BCUT2D eigenvalue weighted by molar-refractivity contribution is -0.120. The lowest BCUT2D eigenvalue weighted by atomic mass is 10.0. The van der Waals surface area contributed by atoms with E-state index in [1.54, 1.807) is 62.7 Å². The summed E-state index contributed by atoms with van der Waals surface area (Å²) in [7, 11) is 4.52. The minimum absolute atomic E-state index is 0.0198. The first kappa shape index (κ1) is 26.1. The number of likely N-dealkylation sites (N-methyl/N-ethyl adjacent to an activating group) is 1. The Morgan fingerprint density at radius 1 is 0.974 bits per heavy atom. The van der Waals surface area contributed by atoms with Crippen molar-refractivity contribution in [3.05, 3.63) is 102 Å². The minimum Gasteiger partial charge on any atom is -0.497 e. The van der Waals surface area contributed by atoms with Crippen LogP contribution in [0.25, 0.3) is 5.69 Å². The minimum atomic E-state index is -0.871. The van der Waals surface area contributed by atoms with Crippen molar-refractivity contribution < 1.29 is 23.9 Å². The number of nitrogens with zero attached hydrogens (tertiary/aromatic N) is 4. The Kier molecular flexibility index (Phi) is 8.12. The molecule has 0 bridgehead atoms. The fraction of sp³-hybridized carbons (Fsp3) is 0.179. The summed E-state index contributed by atoms with van der Waals surface area (Å²) in [5, 5.41) is 10.8. The van der Waals surface area contributed by atoms with Crippen LogP contribution in [0, 0.1) is 0 Å². The lowest BCUT2D eigenvalue weighted by Crippen LogP contribution is -2.48. The van der Waals surface area contributed by atoms with Crippen LogP contribution in [-0.4, -0.2) is 60.1 Å². The molecule has 0 radical (unpaired) electrons. The third-order valence-electron chi connectivity index (χ3n) is 5.93. The zero-order valence-electron chi connectivity index (χ0n) is 21.2. The van der Waals surface area contributed by atoms with Gasteiger partial charge in [0.15, 0.2) is 5.69 Å². The van der Waals surface area contributed by atoms with Crippen LogP contribution in [0.3, 0.4) is 0 Å². The van der Waals surface area contributed by atoms with Crippen LogP contribution < -0.4 is 15.0 Å². The second-order valence-corrected chi connectivity index (χ2v) is 8.40. The summed E-state index contributed by atoms with van der Waals surface area (Å²) in [6.07, 6.45) is 1.71. The molecule has 10 nitrogen and oxygen atoms in total. The third-order valence-corrected chi connectivity index (χ3v) is 5.93. The van der Waals surface area contributed by atoms with Gasteiger partial charge in [-0.05, 0) is 48.0 Å². The Morgan fingerprint density at radius 2 is 1.71 bits per heavy atom. The van der Waals surface area contributed by atoms with E-state index < -0.39 is 17.9 Å². The van der Waals surface area contributed by atoms with Crippen LogP contribution >= 0.6 is 0 Å². The Hall–Kier alpha value is -4.99. The highest BCUT2D eigenvalue weighted by atomic mass is 16.5. The molecule has 1 heterocycles. The van der Waals surface area contributed by atoms with Gasteiger partial charge >= 0.3 is 5.97 Å². The molecule has 1 N–H and O–H groups in total. The number of carbonyl (C=O) groups excluding carboxylic acids is 3. The van der Waals surface area contributed by atoms with Crippen LogP contribution in [0.4, 0.5) is 5.69 Å². The number of carbonyl (C=O) groups is 3. The van der Waals surface area contributed by atoms with Gasteiger partial charge in [0.25, 0.3) is 5.91 Å². The molecule has 0 saturated heterocycles. The van der Waals surface area contributed by atoms with Crippen LogP contribution in [0.5, 0.6) is 5.75 Å². The number of hydrogen-bond donors (Lipinski definition) is 1. The van der Waals surface area contributed by atoms with E-state index in [9.17, 15) is 14.4 Å². The SMILES string of the molecule is COC(=O)c1cccc(-n2cc(C(=O)N[C@@H](Cc3ccccc3)C(=O)N(C)c3ccc(OC)cc3)nn2)c1. The normalized spacial score (nSPS) is 11.3. The number of esters is 1. The molecular weight excluding hydrogens is 486 g/mol. The Morgan fingerprint density at radius 3 is 2.39 bits per heavy atom. The first-order valence-corrected chi connectivity index (χ1v) is 11.8. The van der Waals surface area contributed by atoms with E-state index in [4.69, 9.17) is 9.47 Å². The number of amides is 2. The fourth-order valence-electron chi connectivity index (χ4n) is 3.84. The van der Waals surface area contributed by atoms with Gasteiger partial charge < -0.3 is 19.7 Å². The van der Waals surface area contributed by atoms with E-state index in [2.05, 4.69) is 15.6 Å². The molecule has 4 aromatic rings. The van der Waals surface area contributed by atoms with Crippen molar-refractivity contribution in [3.8, 4) is 11.4 Å². The van der Waals surface area contributed by atoms with Gasteiger partial charge in [-0.1, -0.05) is 41.6 Å². The van der Waals surface area contributed by atoms with Gasteiger partial charge in [-0.15, -0.1) is 5.10 Å². The largest absolute Gasteiger partial charge is 0.497 e. The fourth-order valence-corrected chi connectivity index (χ4v) is 3.84. The van der Waals surface area contributed by atoms with Gasteiger partial charge in [-0.2, -0.15) is 0 Å². The summed E-state index contributed by atoms with van der Waals surface area (Å²) >= 11 is 0. The zero-order chi connectivity index (χ0) is 27.1. The molecule has 1 aromatic heterocycles. The van der Waals surface area contributed by atoms with Gasteiger partial charge in [-0.25, -0.2) is 9.48 Å². The lowest BCUT2D eigenvalue weighted by Gasteiger charge is -2.25. The Balaban J connectivity index is 1.55. The van der Waals surface area contributed by atoms with Gasteiger partial charge in [-0.3, -0.25) is 9.59 Å². The highest BCUT2D eigenvalue weighted by molar-refractivity contribution is 6.01. The van der Waals surface area contributed by atoms with Gasteiger partial charge in [0.2, 0.25) is 5.91 Å². The highest BCUT2D eigenvalue weighted by Gasteiger charge is 2.27. The molecule has 0 spiro atoms. The predicted molar refractivity (Wildman–Crippen MR) is 141 cm³/mol. The molecule has 1 atom stereocenters. The van der Waals surface area contributed by atoms with Crippen molar-refractivity contribution in [3.63, 3.8) is 0 Å². The molecule has 0 unspecified atom stereocenters. The number of rotatable bonds is 9. The average Bonchev–Trinajstić information content (AvgIpc) is 3.47. The van der Waals surface area contributed by atoms with Gasteiger partial charge in [0.1, 0.15) is 11.8 Å². The van der Waals surface area contributed by atoms with E-state index in [1.807, 2.05) is 30.3 Å². The molecule has 0 saturated carbocycles. The second-order valence-electron chi connectivity index (χ2n) is 8.40. The van der Waals surface area contributed by atoms with Gasteiger partial charge in [0.05, 0.1) is 31.7 Å². The maximum Gasteiger partial charge on any atom is 0.337 e. The molecule has 0 aliphatic rings. The van der Waals surface area contributed by atoms with E-state index in [0.29, 0.717) is 22.7 Å². The zero-order valence-corrected chi connectivity index (χ0v) is 21.2. The summed E-state index contributed by atoms with van der Waals surface area (Å²) in [6.45, 7) is 0. The number of aromatic nitrogens is 3. The van der Waals surface area contributed by atoms with Crippen molar-refractivity contribution in [2.75, 3.05) is 26.2 Å². The summed E-state index contributed by atoms with van der Waals surface area (Å²) < 4.78 is 11.3. The molecule has 4 rings (SSSR count). The third kappa shape index (κ3) is 6.04. The first-order chi connectivity index (χ1) is 18.4. The monoisotopic (exact) mass is 513 g/mol. The van der Waals surface area contributed by atoms with Crippen LogP contribution in [0.15, 0.2) is 85.1 Å². The summed E-state index contributed by atoms with van der Waals surface area (Å²) in [5.41, 5.74) is 2.42. The Bertz CT molecular complexity index is 1420. The standard InChI is InChI=1S/C28H27N5O5/c1-32(21-12-14-23(37-2)15-13-21)27(35)24(16-19-8-5-4-6-9-19)29-26(34)25-18-33(31-30-25)22-11-7-10-20(17-22)28(36)38-3/h4-15,17-18,24H,16H2,1-3H3,(H,29,34)/t24-/m0/s1. The van der Waals surface area contributed by atoms with Crippen molar-refractivity contribution in [1.29, 1.82) is 0 Å². The molecular formula is C28H27N5O5. The number of benzene rings is 3. The smallest absolute Gasteiger partial charge is 0.337 e. The van der Waals surface area contributed by atoms with Crippen molar-refractivity contribution in [1.82, 2.24) is 20.3 Å². The summed E-state index contributed by atoms with van der Waals surface area (Å²) in [4.78, 5) is 40.0. The van der Waals surface area contributed by atoms with Crippen LogP contribution in [-0.2, 0) is 16.0 Å². The van der Waals surface area contributed by atoms with E-state index in [-0.39, 0.29) is 18.0 Å². The van der Waals surface area contributed by atoms with E-state index in [0.717, 1.165) is 5.56 Å². The maximum absolute atomic E-state index is 13.5. The highest BCUT2D eigenvalue weighted by Crippen LogP contribution is 2.20. The molecule has 2 amide bonds. The van der Waals surface area contributed by atoms with E-state index >= 15 is 0 Å². The van der Waals surface area contributed by atoms with Crippen molar-refractivity contribution in [2.45, 2.75) is 12.5 Å². The first-order valence-electron chi connectivity index (χ1n) is 11.8. The summed E-state index contributed by atoms with van der Waals surface area (Å²) in [5.74, 6) is -0.680. The molecule has 3 aromatic carbocycles. The number of methoxy groups -OCH3 is 2. The number of anilines is 1. The number of nitrogens with one attached hydrogen (secondary N) is 1. The summed E-state index contributed by atoms with van der Waals surface area (Å²) in [6, 6.07) is 22.2. The van der Waals surface area contributed by atoms with Crippen LogP contribution in [0.1, 0.15) is 26.4 Å². The number of ether oxygens (including phenoxy) is 2. The number of hydrogen-bond acceptors (Lipinski definition) is 7.